The molecule has 0 bridgehead atoms. The molecule has 0 unspecified atom stereocenters. The Morgan fingerprint density at radius 3 is 2.59 bits per heavy atom. The number of unbranched alkanes of at least 4 members (excludes halogenated alkanes) is 1. The third kappa shape index (κ3) is 6.42. The predicted octanol–water partition coefficient (Wildman–Crippen LogP) is 5.63. The van der Waals surface area contributed by atoms with Gasteiger partial charge in [-0.2, -0.15) is 10.4 Å². The van der Waals surface area contributed by atoms with Crippen molar-refractivity contribution in [3.05, 3.63) is 87.6 Å². The van der Waals surface area contributed by atoms with Gasteiger partial charge in [0.25, 0.3) is 5.56 Å². The maximum atomic E-state index is 14.3. The third-order valence-corrected chi connectivity index (χ3v) is 7.93. The summed E-state index contributed by atoms with van der Waals surface area (Å²) in [6.07, 6.45) is 10.3. The highest BCUT2D eigenvalue weighted by molar-refractivity contribution is 5.67. The van der Waals surface area contributed by atoms with Gasteiger partial charge in [0.1, 0.15) is 5.65 Å². The van der Waals surface area contributed by atoms with E-state index in [2.05, 4.69) is 23.1 Å². The van der Waals surface area contributed by atoms with Gasteiger partial charge in [0.15, 0.2) is 0 Å². The Bertz CT molecular complexity index is 1580. The molecule has 214 valence electrons. The van der Waals surface area contributed by atoms with Gasteiger partial charge >= 0.3 is 0 Å². The van der Waals surface area contributed by atoms with Gasteiger partial charge in [-0.25, -0.2) is 4.52 Å². The lowest BCUT2D eigenvalue weighted by molar-refractivity contribution is -0.0654. The summed E-state index contributed by atoms with van der Waals surface area (Å²) in [5.74, 6) is 0. The summed E-state index contributed by atoms with van der Waals surface area (Å²) >= 11 is 0. The van der Waals surface area contributed by atoms with Gasteiger partial charge in [0.2, 0.25) is 0 Å². The Hall–Kier alpha value is -3.80. The summed E-state index contributed by atoms with van der Waals surface area (Å²) < 4.78 is 9.90. The van der Waals surface area contributed by atoms with Crippen molar-refractivity contribution in [2.45, 2.75) is 89.9 Å². The fourth-order valence-corrected chi connectivity index (χ4v) is 5.81. The second kappa shape index (κ2) is 12.4. The second-order valence-corrected chi connectivity index (χ2v) is 11.7. The molecule has 0 saturated heterocycles. The van der Waals surface area contributed by atoms with E-state index in [1.165, 1.54) is 0 Å². The number of pyridine rings is 1. The molecule has 5 rings (SSSR count). The molecular weight excluding hydrogens is 514 g/mol. The van der Waals surface area contributed by atoms with Crippen molar-refractivity contribution in [3.63, 3.8) is 0 Å². The number of nitrogens with zero attached hydrogens (tertiary/aromatic N) is 5. The molecule has 3 heterocycles. The number of aryl methyl sites for hydroxylation is 1. The number of aromatic nitrogens is 4. The highest BCUT2D eigenvalue weighted by atomic mass is 16.5. The largest absolute Gasteiger partial charge is 0.388 e. The predicted molar refractivity (Wildman–Crippen MR) is 159 cm³/mol. The van der Waals surface area contributed by atoms with E-state index in [1.807, 2.05) is 51.7 Å². The van der Waals surface area contributed by atoms with Crippen molar-refractivity contribution in [2.75, 3.05) is 6.61 Å². The zero-order valence-corrected chi connectivity index (χ0v) is 24.2. The summed E-state index contributed by atoms with van der Waals surface area (Å²) in [7, 11) is 0. The molecule has 1 N–H and O–H groups in total. The van der Waals surface area contributed by atoms with E-state index < -0.39 is 5.60 Å². The molecule has 0 spiro atoms. The van der Waals surface area contributed by atoms with E-state index >= 15 is 0 Å². The number of nitriles is 1. The van der Waals surface area contributed by atoms with Crippen LogP contribution in [0.2, 0.25) is 0 Å². The monoisotopic (exact) mass is 553 g/mol. The first-order valence-electron chi connectivity index (χ1n) is 14.7. The van der Waals surface area contributed by atoms with Crippen LogP contribution < -0.4 is 5.56 Å². The lowest BCUT2D eigenvalue weighted by Gasteiger charge is -2.32. The lowest BCUT2D eigenvalue weighted by Crippen LogP contribution is -2.36. The first-order valence-corrected chi connectivity index (χ1v) is 14.7. The fraction of sp³-hybridized carbons (Fsp3) is 0.455. The van der Waals surface area contributed by atoms with Crippen molar-refractivity contribution in [1.29, 1.82) is 5.26 Å². The Kier molecular flexibility index (Phi) is 8.67. The normalized spacial score (nSPS) is 17.5. The van der Waals surface area contributed by atoms with Crippen molar-refractivity contribution >= 4 is 5.65 Å². The minimum atomic E-state index is -0.854. The quantitative estimate of drug-likeness (QED) is 0.273. The van der Waals surface area contributed by atoms with Crippen molar-refractivity contribution < 1.29 is 9.84 Å². The SMILES string of the molecule is CCCCc1c(Cc2ccc(-c3ccccc3C#N)nc2)c(=O)n(C2CCC(OCC(C)(C)O)CC2)c2ccnn12. The first kappa shape index (κ1) is 28.7. The molecule has 8 heteroatoms. The smallest absolute Gasteiger partial charge is 0.257 e. The van der Waals surface area contributed by atoms with Gasteiger partial charge < -0.3 is 9.84 Å². The Labute approximate surface area is 241 Å². The summed E-state index contributed by atoms with van der Waals surface area (Å²) in [6, 6.07) is 15.6. The van der Waals surface area contributed by atoms with E-state index in [4.69, 9.17) is 4.74 Å². The average Bonchev–Trinajstić information content (AvgIpc) is 3.46. The van der Waals surface area contributed by atoms with Gasteiger partial charge in [-0.05, 0) is 70.1 Å². The minimum absolute atomic E-state index is 0.0452. The molecule has 8 nitrogen and oxygen atoms in total. The van der Waals surface area contributed by atoms with Crippen LogP contribution in [0, 0.1) is 11.3 Å². The standard InChI is InChI=1S/C33H39N5O3/c1-4-5-10-30-28(19-23-11-16-29(35-21-23)27-9-7-6-8-24(27)20-34)32(39)37(31-17-18-36-38(30)31)25-12-14-26(15-13-25)41-22-33(2,3)40/h6-9,11,16-18,21,25-26,40H,4-5,10,12-15,19,22H2,1-3H3. The first-order chi connectivity index (χ1) is 19.8. The second-order valence-electron chi connectivity index (χ2n) is 11.7. The summed E-state index contributed by atoms with van der Waals surface area (Å²) in [6.45, 7) is 5.97. The van der Waals surface area contributed by atoms with E-state index in [1.54, 1.807) is 26.1 Å². The number of hydrogen-bond donors (Lipinski definition) is 1. The number of fused-ring (bicyclic) bond motifs is 1. The third-order valence-electron chi connectivity index (χ3n) is 7.93. The van der Waals surface area contributed by atoms with Crippen molar-refractivity contribution in [3.8, 4) is 17.3 Å². The molecule has 1 fully saturated rings. The minimum Gasteiger partial charge on any atom is -0.388 e. The summed E-state index contributed by atoms with van der Waals surface area (Å²) in [5.41, 5.74) is 4.83. The number of benzene rings is 1. The summed E-state index contributed by atoms with van der Waals surface area (Å²) in [4.78, 5) is 18.9. The van der Waals surface area contributed by atoms with Crippen molar-refractivity contribution in [1.82, 2.24) is 19.2 Å². The summed E-state index contributed by atoms with van der Waals surface area (Å²) in [5, 5.41) is 24.2. The molecule has 1 aliphatic rings. The van der Waals surface area contributed by atoms with E-state index in [-0.39, 0.29) is 17.7 Å². The van der Waals surface area contributed by atoms with E-state index in [0.717, 1.165) is 78.7 Å². The molecule has 0 atom stereocenters. The average molecular weight is 554 g/mol. The zero-order chi connectivity index (χ0) is 29.0. The van der Waals surface area contributed by atoms with Crippen LogP contribution in [0.5, 0.6) is 0 Å². The van der Waals surface area contributed by atoms with Crippen LogP contribution in [0.25, 0.3) is 16.9 Å². The molecular formula is C33H39N5O3. The Balaban J connectivity index is 1.46. The topological polar surface area (TPSA) is 105 Å². The van der Waals surface area contributed by atoms with Crippen LogP contribution in [0.4, 0.5) is 0 Å². The highest BCUT2D eigenvalue weighted by Gasteiger charge is 2.28. The number of ether oxygens (including phenoxy) is 1. The van der Waals surface area contributed by atoms with Crippen LogP contribution in [0.1, 0.15) is 87.7 Å². The number of hydrogen-bond acceptors (Lipinski definition) is 6. The van der Waals surface area contributed by atoms with Crippen LogP contribution in [0.3, 0.4) is 0 Å². The Morgan fingerprint density at radius 2 is 1.90 bits per heavy atom. The molecule has 1 aliphatic carbocycles. The van der Waals surface area contributed by atoms with Crippen LogP contribution in [0.15, 0.2) is 59.7 Å². The molecule has 4 aromatic rings. The molecule has 0 radical (unpaired) electrons. The molecule has 0 aliphatic heterocycles. The van der Waals surface area contributed by atoms with Crippen LogP contribution in [-0.4, -0.2) is 42.6 Å². The van der Waals surface area contributed by atoms with Gasteiger partial charge in [-0.1, -0.05) is 37.6 Å². The number of aliphatic hydroxyl groups is 1. The molecule has 3 aromatic heterocycles. The van der Waals surface area contributed by atoms with Crippen molar-refractivity contribution in [2.24, 2.45) is 0 Å². The van der Waals surface area contributed by atoms with Gasteiger partial charge in [0.05, 0.1) is 47.5 Å². The molecule has 0 amide bonds. The van der Waals surface area contributed by atoms with Gasteiger partial charge in [-0.3, -0.25) is 14.3 Å². The van der Waals surface area contributed by atoms with E-state index in [9.17, 15) is 15.2 Å². The number of rotatable bonds is 10. The maximum Gasteiger partial charge on any atom is 0.257 e. The van der Waals surface area contributed by atoms with Gasteiger partial charge in [0, 0.05) is 35.9 Å². The van der Waals surface area contributed by atoms with E-state index in [0.29, 0.717) is 18.6 Å². The molecule has 41 heavy (non-hydrogen) atoms. The Morgan fingerprint density at radius 1 is 1.12 bits per heavy atom. The van der Waals surface area contributed by atoms with Crippen LogP contribution in [-0.2, 0) is 17.6 Å². The lowest BCUT2D eigenvalue weighted by atomic mass is 9.92. The molecule has 1 saturated carbocycles. The van der Waals surface area contributed by atoms with Crippen LogP contribution >= 0.6 is 0 Å². The fourth-order valence-electron chi connectivity index (χ4n) is 5.81. The molecule has 1 aromatic carbocycles. The highest BCUT2D eigenvalue weighted by Crippen LogP contribution is 2.32. The zero-order valence-electron chi connectivity index (χ0n) is 24.2. The van der Waals surface area contributed by atoms with Gasteiger partial charge in [-0.15, -0.1) is 0 Å². The maximum absolute atomic E-state index is 14.3.